The lowest BCUT2D eigenvalue weighted by Crippen LogP contribution is -2.63. The van der Waals surface area contributed by atoms with E-state index in [0.29, 0.717) is 12.1 Å². The largest absolute Gasteiger partial charge is 0.497 e. The van der Waals surface area contributed by atoms with Gasteiger partial charge in [0.15, 0.2) is 5.75 Å². The summed E-state index contributed by atoms with van der Waals surface area (Å²) in [6, 6.07) is 1.99. The maximum Gasteiger partial charge on any atom is 0.460 e. The Kier molecular flexibility index (Phi) is 6.34. The van der Waals surface area contributed by atoms with Crippen LogP contribution in [-0.4, -0.2) is 51.9 Å². The molecular weight excluding hydrogens is 455 g/mol. The molecule has 16 heteroatoms. The Morgan fingerprint density at radius 1 is 0.897 bits per heavy atom. The maximum absolute atomic E-state index is 13.7. The van der Waals surface area contributed by atoms with E-state index in [1.54, 1.807) is 0 Å². The van der Waals surface area contributed by atoms with Gasteiger partial charge in [0.2, 0.25) is 0 Å². The summed E-state index contributed by atoms with van der Waals surface area (Å²) in [7, 11) is -5.54. The lowest BCUT2D eigenvalue weighted by molar-refractivity contribution is -0.382. The molecule has 0 fully saturated rings. The number of carbonyl (C=O) groups is 1. The molecule has 1 aromatic carbocycles. The second-order valence-corrected chi connectivity index (χ2v) is 6.64. The van der Waals surface area contributed by atoms with Crippen LogP contribution in [0.1, 0.15) is 10.4 Å². The van der Waals surface area contributed by atoms with Gasteiger partial charge in [-0.2, -0.15) is 47.9 Å². The highest BCUT2D eigenvalue weighted by Gasteiger charge is 2.86. The molecule has 0 aliphatic heterocycles. The van der Waals surface area contributed by atoms with Gasteiger partial charge in [-0.05, 0) is 12.1 Å². The first-order valence-corrected chi connectivity index (χ1v) is 8.18. The fourth-order valence-corrected chi connectivity index (χ4v) is 2.59. The van der Waals surface area contributed by atoms with Gasteiger partial charge < -0.3 is 13.7 Å². The quantitative estimate of drug-likeness (QED) is 0.349. The molecule has 0 N–H and O–H groups in total. The van der Waals surface area contributed by atoms with E-state index in [9.17, 15) is 52.7 Å². The molecule has 0 atom stereocenters. The van der Waals surface area contributed by atoms with Crippen molar-refractivity contribution in [3.8, 4) is 11.5 Å². The number of methoxy groups -OCH3 is 2. The fraction of sp³-hybridized carbons (Fsp3) is 0.462. The maximum atomic E-state index is 13.7. The second kappa shape index (κ2) is 7.46. The molecule has 29 heavy (non-hydrogen) atoms. The molecule has 0 aliphatic carbocycles. The minimum Gasteiger partial charge on any atom is -0.497 e. The second-order valence-electron chi connectivity index (χ2n) is 5.05. The summed E-state index contributed by atoms with van der Waals surface area (Å²) in [5.41, 5.74) is -0.974. The van der Waals surface area contributed by atoms with Crippen molar-refractivity contribution in [2.24, 2.45) is 0 Å². The van der Waals surface area contributed by atoms with E-state index in [1.165, 1.54) is 0 Å². The third kappa shape index (κ3) is 4.02. The third-order valence-electron chi connectivity index (χ3n) is 3.22. The van der Waals surface area contributed by atoms with Crippen LogP contribution < -0.4 is 8.92 Å². The van der Waals surface area contributed by atoms with Crippen LogP contribution in [0, 0.1) is 0 Å². The predicted molar refractivity (Wildman–Crippen MR) is 74.8 cm³/mol. The highest BCUT2D eigenvalue weighted by atomic mass is 32.2. The van der Waals surface area contributed by atoms with Crippen LogP contribution in [0.3, 0.4) is 0 Å². The standard InChI is InChI=1S/C13H9F9O6S/c1-26-6-3-4-7(9(23)27-2)8(5-6)28-29(24,25)13(21,22)11(16,17)10(14,15)12(18,19)20/h3-5H,1-2H3. The molecular formula is C13H9F9O6S. The van der Waals surface area contributed by atoms with Gasteiger partial charge in [0, 0.05) is 6.07 Å². The Morgan fingerprint density at radius 3 is 1.83 bits per heavy atom. The number of ether oxygens (including phenoxy) is 2. The molecule has 0 saturated heterocycles. The first kappa shape index (κ1) is 24.6. The Bertz CT molecular complexity index is 879. The zero-order valence-electron chi connectivity index (χ0n) is 14.0. The van der Waals surface area contributed by atoms with Crippen LogP contribution in [0.15, 0.2) is 18.2 Å². The van der Waals surface area contributed by atoms with E-state index in [-0.39, 0.29) is 0 Å². The van der Waals surface area contributed by atoms with E-state index in [1.807, 2.05) is 0 Å². The molecule has 0 unspecified atom stereocenters. The fourth-order valence-electron chi connectivity index (χ4n) is 1.67. The number of halogens is 9. The average molecular weight is 464 g/mol. The number of hydrogen-bond acceptors (Lipinski definition) is 6. The van der Waals surface area contributed by atoms with Crippen molar-refractivity contribution in [3.05, 3.63) is 23.8 Å². The van der Waals surface area contributed by atoms with Gasteiger partial charge in [-0.15, -0.1) is 0 Å². The van der Waals surface area contributed by atoms with Crippen molar-refractivity contribution in [1.82, 2.24) is 0 Å². The van der Waals surface area contributed by atoms with E-state index in [4.69, 9.17) is 0 Å². The lowest BCUT2D eigenvalue weighted by Gasteiger charge is -2.32. The summed E-state index contributed by atoms with van der Waals surface area (Å²) < 4.78 is 152. The Morgan fingerprint density at radius 2 is 1.41 bits per heavy atom. The summed E-state index contributed by atoms with van der Waals surface area (Å²) in [6.45, 7) is 0. The van der Waals surface area contributed by atoms with Gasteiger partial charge in [-0.1, -0.05) is 0 Å². The van der Waals surface area contributed by atoms with Gasteiger partial charge in [-0.25, -0.2) is 4.79 Å². The summed E-state index contributed by atoms with van der Waals surface area (Å²) in [5.74, 6) is -18.2. The van der Waals surface area contributed by atoms with E-state index in [2.05, 4.69) is 13.7 Å². The number of rotatable bonds is 7. The van der Waals surface area contributed by atoms with Crippen molar-refractivity contribution in [1.29, 1.82) is 0 Å². The minimum atomic E-state index is -7.48. The molecule has 0 bridgehead atoms. The number of hydrogen-bond donors (Lipinski definition) is 0. The average Bonchev–Trinajstić information content (AvgIpc) is 2.59. The molecule has 0 saturated carbocycles. The predicted octanol–water partition coefficient (Wildman–Crippen LogP) is 3.62. The van der Waals surface area contributed by atoms with Gasteiger partial charge in [0.1, 0.15) is 11.3 Å². The van der Waals surface area contributed by atoms with Crippen LogP contribution in [0.2, 0.25) is 0 Å². The highest BCUT2D eigenvalue weighted by Crippen LogP contribution is 2.55. The number of benzene rings is 1. The zero-order valence-corrected chi connectivity index (χ0v) is 14.8. The molecule has 0 aliphatic rings. The summed E-state index contributed by atoms with van der Waals surface area (Å²) >= 11 is 0. The molecule has 1 aromatic rings. The van der Waals surface area contributed by atoms with Gasteiger partial charge in [-0.3, -0.25) is 0 Å². The Balaban J connectivity index is 3.55. The normalized spacial score (nSPS) is 13.8. The van der Waals surface area contributed by atoms with Gasteiger partial charge >= 0.3 is 39.4 Å². The molecule has 0 heterocycles. The molecule has 0 aromatic heterocycles. The smallest absolute Gasteiger partial charge is 0.460 e. The topological polar surface area (TPSA) is 78.9 Å². The van der Waals surface area contributed by atoms with E-state index >= 15 is 0 Å². The van der Waals surface area contributed by atoms with Gasteiger partial charge in [0.05, 0.1) is 14.2 Å². The molecule has 0 radical (unpaired) electrons. The van der Waals surface area contributed by atoms with Crippen molar-refractivity contribution in [2.75, 3.05) is 14.2 Å². The SMILES string of the molecule is COC(=O)c1ccc(OC)cc1OS(=O)(=O)C(F)(F)C(F)(F)C(F)(F)C(F)(F)F. The Labute approximate surface area is 156 Å². The zero-order chi connectivity index (χ0) is 23.1. The molecule has 6 nitrogen and oxygen atoms in total. The van der Waals surface area contributed by atoms with Crippen LogP contribution in [0.5, 0.6) is 11.5 Å². The van der Waals surface area contributed by atoms with Crippen LogP contribution in [0.4, 0.5) is 39.5 Å². The minimum absolute atomic E-state index is 0.389. The van der Waals surface area contributed by atoms with E-state index < -0.39 is 56.4 Å². The van der Waals surface area contributed by atoms with Crippen molar-refractivity contribution < 1.29 is 66.4 Å². The van der Waals surface area contributed by atoms with Gasteiger partial charge in [0.25, 0.3) is 0 Å². The van der Waals surface area contributed by atoms with Crippen LogP contribution in [-0.2, 0) is 14.9 Å². The Hall–Kier alpha value is -2.39. The number of carbonyl (C=O) groups excluding carboxylic acids is 1. The van der Waals surface area contributed by atoms with Crippen molar-refractivity contribution in [2.45, 2.75) is 23.3 Å². The molecule has 0 amide bonds. The molecule has 1 rings (SSSR count). The molecule has 0 spiro atoms. The summed E-state index contributed by atoms with van der Waals surface area (Å²) in [6.07, 6.45) is -7.23. The first-order chi connectivity index (χ1) is 12.9. The molecule has 166 valence electrons. The summed E-state index contributed by atoms with van der Waals surface area (Å²) in [5, 5.41) is -7.09. The van der Waals surface area contributed by atoms with Crippen LogP contribution >= 0.6 is 0 Å². The monoisotopic (exact) mass is 464 g/mol. The highest BCUT2D eigenvalue weighted by molar-refractivity contribution is 7.88. The lowest BCUT2D eigenvalue weighted by atomic mass is 10.1. The van der Waals surface area contributed by atoms with Crippen molar-refractivity contribution in [3.63, 3.8) is 0 Å². The summed E-state index contributed by atoms with van der Waals surface area (Å²) in [4.78, 5) is 11.5. The number of esters is 1. The van der Waals surface area contributed by atoms with Crippen LogP contribution in [0.25, 0.3) is 0 Å². The number of alkyl halides is 9. The first-order valence-electron chi connectivity index (χ1n) is 6.78. The van der Waals surface area contributed by atoms with E-state index in [0.717, 1.165) is 20.3 Å². The van der Waals surface area contributed by atoms with Crippen molar-refractivity contribution >= 4 is 16.1 Å². The third-order valence-corrected chi connectivity index (χ3v) is 4.51.